The topological polar surface area (TPSA) is 57.6 Å². The minimum Gasteiger partial charge on any atom is -0.481 e. The van der Waals surface area contributed by atoms with E-state index in [1.165, 1.54) is 11.1 Å². The summed E-state index contributed by atoms with van der Waals surface area (Å²) in [5.74, 6) is -1.06. The molecule has 0 saturated carbocycles. The highest BCUT2D eigenvalue weighted by molar-refractivity contribution is 5.80. The van der Waals surface area contributed by atoms with Crippen molar-refractivity contribution in [3.63, 3.8) is 0 Å². The maximum Gasteiger partial charge on any atom is 0.303 e. The molecule has 0 aromatic heterocycles. The summed E-state index contributed by atoms with van der Waals surface area (Å²) in [6.45, 7) is 2.65. The first-order valence-corrected chi connectivity index (χ1v) is 6.00. The minimum absolute atomic E-state index is 0.0692. The van der Waals surface area contributed by atoms with Gasteiger partial charge in [0, 0.05) is 20.0 Å². The smallest absolute Gasteiger partial charge is 0.303 e. The molecular weight excluding hydrogens is 230 g/mol. The molecule has 18 heavy (non-hydrogen) atoms. The first-order valence-electron chi connectivity index (χ1n) is 6.00. The quantitative estimate of drug-likeness (QED) is 0.837. The molecule has 1 amide bonds. The standard InChI is InChI=1S/C14H19NO3/c1-11-3-5-12(6-4-11)9-10-15(2)13(16)7-8-14(17)18/h3-6H,7-10H2,1-2H3,(H,17,18). The normalized spacial score (nSPS) is 10.1. The second kappa shape index (κ2) is 6.79. The van der Waals surface area contributed by atoms with Crippen LogP contribution in [0.5, 0.6) is 0 Å². The Morgan fingerprint density at radius 3 is 2.33 bits per heavy atom. The second-order valence-electron chi connectivity index (χ2n) is 4.44. The lowest BCUT2D eigenvalue weighted by Crippen LogP contribution is -2.29. The summed E-state index contributed by atoms with van der Waals surface area (Å²) in [5.41, 5.74) is 2.39. The van der Waals surface area contributed by atoms with E-state index >= 15 is 0 Å². The number of carbonyl (C=O) groups is 2. The Labute approximate surface area is 107 Å². The van der Waals surface area contributed by atoms with E-state index in [2.05, 4.69) is 0 Å². The molecule has 0 saturated heterocycles. The summed E-state index contributed by atoms with van der Waals surface area (Å²) >= 11 is 0. The fourth-order valence-corrected chi connectivity index (χ4v) is 1.58. The summed E-state index contributed by atoms with van der Waals surface area (Å²) < 4.78 is 0. The first-order chi connectivity index (χ1) is 8.49. The molecule has 1 rings (SSSR count). The van der Waals surface area contributed by atoms with Gasteiger partial charge in [-0.3, -0.25) is 9.59 Å². The van der Waals surface area contributed by atoms with Crippen molar-refractivity contribution in [2.75, 3.05) is 13.6 Å². The summed E-state index contributed by atoms with van der Waals surface area (Å²) in [5, 5.41) is 8.51. The first kappa shape index (κ1) is 14.2. The zero-order valence-corrected chi connectivity index (χ0v) is 10.8. The van der Waals surface area contributed by atoms with Crippen LogP contribution >= 0.6 is 0 Å². The number of benzene rings is 1. The van der Waals surface area contributed by atoms with Crippen LogP contribution in [0, 0.1) is 6.92 Å². The number of amides is 1. The van der Waals surface area contributed by atoms with Crippen LogP contribution in [0.3, 0.4) is 0 Å². The van der Waals surface area contributed by atoms with Gasteiger partial charge in [0.1, 0.15) is 0 Å². The molecule has 0 unspecified atom stereocenters. The maximum atomic E-state index is 11.6. The summed E-state index contributed by atoms with van der Waals surface area (Å²) in [6.07, 6.45) is 0.753. The third-order valence-corrected chi connectivity index (χ3v) is 2.83. The maximum absolute atomic E-state index is 11.6. The molecule has 4 nitrogen and oxygen atoms in total. The van der Waals surface area contributed by atoms with Gasteiger partial charge in [0.2, 0.25) is 5.91 Å². The predicted octanol–water partition coefficient (Wildman–Crippen LogP) is 1.86. The number of aliphatic carboxylic acids is 1. The van der Waals surface area contributed by atoms with Crippen molar-refractivity contribution < 1.29 is 14.7 Å². The molecule has 0 aliphatic heterocycles. The number of carboxylic acids is 1. The zero-order valence-electron chi connectivity index (χ0n) is 10.8. The minimum atomic E-state index is -0.935. The molecule has 1 aromatic rings. The average Bonchev–Trinajstić information content (AvgIpc) is 2.34. The van der Waals surface area contributed by atoms with Gasteiger partial charge in [-0.25, -0.2) is 0 Å². The van der Waals surface area contributed by atoms with Crippen LogP contribution in [0.15, 0.2) is 24.3 Å². The highest BCUT2D eigenvalue weighted by atomic mass is 16.4. The molecule has 4 heteroatoms. The molecule has 0 fully saturated rings. The van der Waals surface area contributed by atoms with Crippen molar-refractivity contribution >= 4 is 11.9 Å². The summed E-state index contributed by atoms with van der Waals surface area (Å²) in [4.78, 5) is 23.5. The monoisotopic (exact) mass is 249 g/mol. The molecule has 98 valence electrons. The van der Waals surface area contributed by atoms with E-state index in [1.807, 2.05) is 31.2 Å². The summed E-state index contributed by atoms with van der Waals surface area (Å²) in [6, 6.07) is 8.18. The van der Waals surface area contributed by atoms with E-state index in [-0.39, 0.29) is 18.7 Å². The van der Waals surface area contributed by atoms with Crippen LogP contribution in [-0.4, -0.2) is 35.5 Å². The number of rotatable bonds is 6. The Balaban J connectivity index is 2.36. The number of aryl methyl sites for hydroxylation is 1. The van der Waals surface area contributed by atoms with Gasteiger partial charge < -0.3 is 10.0 Å². The lowest BCUT2D eigenvalue weighted by molar-refractivity contribution is -0.140. The highest BCUT2D eigenvalue weighted by Gasteiger charge is 2.10. The molecule has 1 aromatic carbocycles. The molecule has 1 N–H and O–H groups in total. The van der Waals surface area contributed by atoms with Crippen LogP contribution in [0.2, 0.25) is 0 Å². The molecule has 0 aliphatic rings. The van der Waals surface area contributed by atoms with Crippen molar-refractivity contribution in [1.82, 2.24) is 4.90 Å². The van der Waals surface area contributed by atoms with E-state index in [0.717, 1.165) is 6.42 Å². The lowest BCUT2D eigenvalue weighted by atomic mass is 10.1. The number of hydrogen-bond donors (Lipinski definition) is 1. The van der Waals surface area contributed by atoms with E-state index in [9.17, 15) is 9.59 Å². The highest BCUT2D eigenvalue weighted by Crippen LogP contribution is 2.05. The summed E-state index contributed by atoms with van der Waals surface area (Å²) in [7, 11) is 1.71. The Kier molecular flexibility index (Phi) is 5.36. The third-order valence-electron chi connectivity index (χ3n) is 2.83. The van der Waals surface area contributed by atoms with Crippen LogP contribution in [0.1, 0.15) is 24.0 Å². The van der Waals surface area contributed by atoms with Gasteiger partial charge in [-0.1, -0.05) is 29.8 Å². The fourth-order valence-electron chi connectivity index (χ4n) is 1.58. The number of carboxylic acid groups (broad SMARTS) is 1. The van der Waals surface area contributed by atoms with Gasteiger partial charge in [-0.2, -0.15) is 0 Å². The fraction of sp³-hybridized carbons (Fsp3) is 0.429. The molecule has 0 atom stereocenters. The Morgan fingerprint density at radius 1 is 1.17 bits per heavy atom. The van der Waals surface area contributed by atoms with E-state index in [1.54, 1.807) is 11.9 Å². The van der Waals surface area contributed by atoms with E-state index < -0.39 is 5.97 Å². The molecule has 0 heterocycles. The molecule has 0 aliphatic carbocycles. The van der Waals surface area contributed by atoms with Crippen molar-refractivity contribution in [1.29, 1.82) is 0 Å². The number of hydrogen-bond acceptors (Lipinski definition) is 2. The Morgan fingerprint density at radius 2 is 1.78 bits per heavy atom. The molecule has 0 spiro atoms. The molecule has 0 bridgehead atoms. The Bertz CT molecular complexity index is 412. The van der Waals surface area contributed by atoms with Crippen molar-refractivity contribution in [3.05, 3.63) is 35.4 Å². The SMILES string of the molecule is Cc1ccc(CCN(C)C(=O)CCC(=O)O)cc1. The van der Waals surface area contributed by atoms with Crippen LogP contribution in [0.4, 0.5) is 0 Å². The van der Waals surface area contributed by atoms with Gasteiger partial charge in [-0.05, 0) is 18.9 Å². The number of carbonyl (C=O) groups excluding carboxylic acids is 1. The van der Waals surface area contributed by atoms with Crippen LogP contribution < -0.4 is 0 Å². The van der Waals surface area contributed by atoms with Crippen molar-refractivity contribution in [2.24, 2.45) is 0 Å². The second-order valence-corrected chi connectivity index (χ2v) is 4.44. The van der Waals surface area contributed by atoms with Crippen LogP contribution in [-0.2, 0) is 16.0 Å². The van der Waals surface area contributed by atoms with Gasteiger partial charge in [0.25, 0.3) is 0 Å². The van der Waals surface area contributed by atoms with E-state index in [0.29, 0.717) is 6.54 Å². The van der Waals surface area contributed by atoms with Gasteiger partial charge in [0.15, 0.2) is 0 Å². The molecule has 0 radical (unpaired) electrons. The zero-order chi connectivity index (χ0) is 13.5. The van der Waals surface area contributed by atoms with Gasteiger partial charge >= 0.3 is 5.97 Å². The van der Waals surface area contributed by atoms with Crippen LogP contribution in [0.25, 0.3) is 0 Å². The van der Waals surface area contributed by atoms with Gasteiger partial charge in [0.05, 0.1) is 6.42 Å². The van der Waals surface area contributed by atoms with Gasteiger partial charge in [-0.15, -0.1) is 0 Å². The van der Waals surface area contributed by atoms with Crippen molar-refractivity contribution in [2.45, 2.75) is 26.2 Å². The third kappa shape index (κ3) is 4.99. The molecular formula is C14H19NO3. The Hall–Kier alpha value is -1.84. The lowest BCUT2D eigenvalue weighted by Gasteiger charge is -2.16. The average molecular weight is 249 g/mol. The predicted molar refractivity (Wildman–Crippen MR) is 69.4 cm³/mol. The number of nitrogens with zero attached hydrogens (tertiary/aromatic N) is 1. The number of likely N-dealkylation sites (N-methyl/N-ethyl adjacent to an activating group) is 1. The largest absolute Gasteiger partial charge is 0.481 e. The van der Waals surface area contributed by atoms with E-state index in [4.69, 9.17) is 5.11 Å². The van der Waals surface area contributed by atoms with Crippen molar-refractivity contribution in [3.8, 4) is 0 Å².